The molecule has 5 nitrogen and oxygen atoms in total. The molecule has 0 fully saturated rings. The minimum atomic E-state index is -0.283. The lowest BCUT2D eigenvalue weighted by atomic mass is 10.1. The molecule has 1 unspecified atom stereocenters. The first kappa shape index (κ1) is 24.5. The third-order valence-electron chi connectivity index (χ3n) is 5.34. The summed E-state index contributed by atoms with van der Waals surface area (Å²) >= 11 is 9.58. The molecule has 0 N–H and O–H groups in total. The Kier molecular flexibility index (Phi) is 7.76. The number of rotatable bonds is 9. The second kappa shape index (κ2) is 10.8. The number of nitrogens with zero attached hydrogens (tertiary/aromatic N) is 4. The van der Waals surface area contributed by atoms with E-state index >= 15 is 0 Å². The van der Waals surface area contributed by atoms with Crippen molar-refractivity contribution in [3.8, 4) is 16.3 Å². The van der Waals surface area contributed by atoms with Crippen molar-refractivity contribution in [1.82, 2.24) is 19.7 Å². The van der Waals surface area contributed by atoms with Crippen LogP contribution in [0.15, 0.2) is 59.6 Å². The zero-order chi connectivity index (χ0) is 24.2. The molecule has 8 heteroatoms. The van der Waals surface area contributed by atoms with Crippen LogP contribution < -0.4 is 4.74 Å². The van der Waals surface area contributed by atoms with E-state index in [9.17, 15) is 0 Å². The molecule has 0 aliphatic carbocycles. The summed E-state index contributed by atoms with van der Waals surface area (Å²) in [6.45, 7) is 12.5. The van der Waals surface area contributed by atoms with Crippen molar-refractivity contribution >= 4 is 34.7 Å². The van der Waals surface area contributed by atoms with Gasteiger partial charge in [-0.25, -0.2) is 4.98 Å². The molecule has 2 heterocycles. The van der Waals surface area contributed by atoms with E-state index in [-0.39, 0.29) is 6.10 Å². The standard InChI is InChI=1S/C26H27ClN4OS2/c1-6-11-31-24(19(5)32-22-12-17(3)23(27)18(4)13-22)29-30-26(31)34-15-21-14-33-25(28-21)20-9-7-16(2)8-10-20/h6-10,12-14,19H,1,11,15H2,2-5H3. The number of thiazole rings is 1. The highest BCUT2D eigenvalue weighted by molar-refractivity contribution is 7.98. The number of benzene rings is 2. The van der Waals surface area contributed by atoms with Crippen LogP contribution in [-0.2, 0) is 12.3 Å². The van der Waals surface area contributed by atoms with Gasteiger partial charge in [-0.05, 0) is 51.0 Å². The number of thioether (sulfide) groups is 1. The second-order valence-electron chi connectivity index (χ2n) is 8.17. The molecule has 0 spiro atoms. The summed E-state index contributed by atoms with van der Waals surface area (Å²) in [6, 6.07) is 12.3. The Hall–Kier alpha value is -2.61. The summed E-state index contributed by atoms with van der Waals surface area (Å²) in [5.41, 5.74) is 5.38. The first-order valence-electron chi connectivity index (χ1n) is 11.0. The average molecular weight is 511 g/mol. The van der Waals surface area contributed by atoms with Crippen LogP contribution in [0.2, 0.25) is 5.02 Å². The van der Waals surface area contributed by atoms with Crippen molar-refractivity contribution in [2.24, 2.45) is 0 Å². The number of ether oxygens (including phenoxy) is 1. The van der Waals surface area contributed by atoms with E-state index in [0.29, 0.717) is 12.3 Å². The molecule has 0 aliphatic rings. The van der Waals surface area contributed by atoms with Gasteiger partial charge >= 0.3 is 0 Å². The SMILES string of the molecule is C=CCn1c(SCc2csc(-c3ccc(C)cc3)n2)nnc1C(C)Oc1cc(C)c(Cl)c(C)c1. The molecule has 34 heavy (non-hydrogen) atoms. The lowest BCUT2D eigenvalue weighted by Crippen LogP contribution is -2.12. The average Bonchev–Trinajstić information content (AvgIpc) is 3.44. The van der Waals surface area contributed by atoms with E-state index < -0.39 is 0 Å². The summed E-state index contributed by atoms with van der Waals surface area (Å²) in [4.78, 5) is 4.81. The van der Waals surface area contributed by atoms with Crippen molar-refractivity contribution in [2.45, 2.75) is 51.3 Å². The van der Waals surface area contributed by atoms with Crippen LogP contribution in [0.25, 0.3) is 10.6 Å². The van der Waals surface area contributed by atoms with Crippen molar-refractivity contribution in [2.75, 3.05) is 0 Å². The number of halogens is 1. The fourth-order valence-electron chi connectivity index (χ4n) is 3.58. The first-order chi connectivity index (χ1) is 16.4. The molecule has 0 bridgehead atoms. The number of hydrogen-bond donors (Lipinski definition) is 0. The van der Waals surface area contributed by atoms with Gasteiger partial charge in [0.25, 0.3) is 0 Å². The molecule has 0 saturated carbocycles. The molecule has 4 rings (SSSR count). The molecule has 0 amide bonds. The highest BCUT2D eigenvalue weighted by Gasteiger charge is 2.20. The smallest absolute Gasteiger partial charge is 0.192 e. The maximum atomic E-state index is 6.30. The van der Waals surface area contributed by atoms with Gasteiger partial charge in [-0.3, -0.25) is 4.57 Å². The van der Waals surface area contributed by atoms with E-state index in [1.165, 1.54) is 5.56 Å². The quantitative estimate of drug-likeness (QED) is 0.171. The summed E-state index contributed by atoms with van der Waals surface area (Å²) in [7, 11) is 0. The van der Waals surface area contributed by atoms with Gasteiger partial charge in [-0.15, -0.1) is 28.1 Å². The lowest BCUT2D eigenvalue weighted by Gasteiger charge is -2.17. The predicted octanol–water partition coefficient (Wildman–Crippen LogP) is 7.60. The predicted molar refractivity (Wildman–Crippen MR) is 142 cm³/mol. The van der Waals surface area contributed by atoms with E-state index in [1.807, 2.05) is 43.5 Å². The number of allylic oxidation sites excluding steroid dienone is 1. The van der Waals surface area contributed by atoms with Gasteiger partial charge in [0.1, 0.15) is 10.8 Å². The lowest BCUT2D eigenvalue weighted by molar-refractivity contribution is 0.210. The summed E-state index contributed by atoms with van der Waals surface area (Å²) in [5.74, 6) is 2.23. The molecular formula is C26H27ClN4OS2. The number of hydrogen-bond acceptors (Lipinski definition) is 6. The summed E-state index contributed by atoms with van der Waals surface area (Å²) in [6.07, 6.45) is 1.56. The number of aryl methyl sites for hydroxylation is 3. The largest absolute Gasteiger partial charge is 0.483 e. The Labute approximate surface area is 213 Å². The fraction of sp³-hybridized carbons (Fsp3) is 0.269. The maximum absolute atomic E-state index is 6.30. The molecule has 0 radical (unpaired) electrons. The topological polar surface area (TPSA) is 52.8 Å². The van der Waals surface area contributed by atoms with Crippen molar-refractivity contribution in [3.63, 3.8) is 0 Å². The zero-order valence-electron chi connectivity index (χ0n) is 19.7. The Morgan fingerprint density at radius 2 is 1.85 bits per heavy atom. The van der Waals surface area contributed by atoms with Gasteiger partial charge in [0, 0.05) is 28.3 Å². The van der Waals surface area contributed by atoms with Gasteiger partial charge in [0.05, 0.1) is 5.69 Å². The Morgan fingerprint density at radius 3 is 2.53 bits per heavy atom. The fourth-order valence-corrected chi connectivity index (χ4v) is 5.47. The van der Waals surface area contributed by atoms with Crippen molar-refractivity contribution in [1.29, 1.82) is 0 Å². The van der Waals surface area contributed by atoms with E-state index in [2.05, 4.69) is 53.3 Å². The van der Waals surface area contributed by atoms with Crippen LogP contribution in [0.5, 0.6) is 5.75 Å². The first-order valence-corrected chi connectivity index (χ1v) is 13.2. The van der Waals surface area contributed by atoms with Crippen LogP contribution in [0, 0.1) is 20.8 Å². The van der Waals surface area contributed by atoms with E-state index in [1.54, 1.807) is 23.1 Å². The molecular weight excluding hydrogens is 484 g/mol. The summed E-state index contributed by atoms with van der Waals surface area (Å²) < 4.78 is 8.25. The minimum absolute atomic E-state index is 0.283. The highest BCUT2D eigenvalue weighted by atomic mass is 35.5. The van der Waals surface area contributed by atoms with E-state index in [4.69, 9.17) is 21.3 Å². The monoisotopic (exact) mass is 510 g/mol. The van der Waals surface area contributed by atoms with Crippen LogP contribution in [0.3, 0.4) is 0 Å². The van der Waals surface area contributed by atoms with Crippen molar-refractivity contribution < 1.29 is 4.74 Å². The van der Waals surface area contributed by atoms with Gasteiger partial charge < -0.3 is 4.74 Å². The van der Waals surface area contributed by atoms with E-state index in [0.717, 1.165) is 49.1 Å². The third kappa shape index (κ3) is 5.54. The Morgan fingerprint density at radius 1 is 1.15 bits per heavy atom. The molecule has 4 aromatic rings. The van der Waals surface area contributed by atoms with Crippen LogP contribution in [-0.4, -0.2) is 19.7 Å². The number of aromatic nitrogens is 4. The normalized spacial score (nSPS) is 12.0. The maximum Gasteiger partial charge on any atom is 0.192 e. The summed E-state index contributed by atoms with van der Waals surface area (Å²) in [5, 5.41) is 13.6. The van der Waals surface area contributed by atoms with Gasteiger partial charge in [0.2, 0.25) is 0 Å². The van der Waals surface area contributed by atoms with Gasteiger partial charge in [-0.2, -0.15) is 0 Å². The van der Waals surface area contributed by atoms with Crippen molar-refractivity contribution in [3.05, 3.63) is 87.7 Å². The van der Waals surface area contributed by atoms with Crippen LogP contribution in [0.4, 0.5) is 0 Å². The van der Waals surface area contributed by atoms with Crippen LogP contribution >= 0.6 is 34.7 Å². The molecule has 176 valence electrons. The molecule has 2 aromatic carbocycles. The Bertz CT molecular complexity index is 1270. The molecule has 0 saturated heterocycles. The highest BCUT2D eigenvalue weighted by Crippen LogP contribution is 2.31. The second-order valence-corrected chi connectivity index (χ2v) is 10.3. The molecule has 2 aromatic heterocycles. The van der Waals surface area contributed by atoms with Crippen LogP contribution in [0.1, 0.15) is 41.2 Å². The van der Waals surface area contributed by atoms with Gasteiger partial charge in [0.15, 0.2) is 17.1 Å². The molecule has 0 aliphatic heterocycles. The zero-order valence-corrected chi connectivity index (χ0v) is 22.1. The Balaban J connectivity index is 1.48. The molecule has 1 atom stereocenters. The van der Waals surface area contributed by atoms with Gasteiger partial charge in [-0.1, -0.05) is 59.3 Å². The minimum Gasteiger partial charge on any atom is -0.483 e. The third-order valence-corrected chi connectivity index (χ3v) is 7.88.